The van der Waals surface area contributed by atoms with Crippen LogP contribution >= 0.6 is 0 Å². The number of rotatable bonds is 7. The minimum absolute atomic E-state index is 0.0225. The van der Waals surface area contributed by atoms with Crippen LogP contribution in [0, 0.1) is 5.92 Å². The zero-order valence-corrected chi connectivity index (χ0v) is 19.5. The maximum Gasteiger partial charge on any atom is 0.253 e. The Hall–Kier alpha value is -2.86. The van der Waals surface area contributed by atoms with E-state index in [2.05, 4.69) is 17.9 Å². The summed E-state index contributed by atoms with van der Waals surface area (Å²) in [6.45, 7) is 5.86. The summed E-state index contributed by atoms with van der Waals surface area (Å²) < 4.78 is 0. The van der Waals surface area contributed by atoms with Crippen molar-refractivity contribution in [3.05, 3.63) is 64.7 Å². The van der Waals surface area contributed by atoms with E-state index in [0.717, 1.165) is 70.3 Å². The number of amides is 2. The normalized spacial score (nSPS) is 18.8. The fraction of sp³-hybridized carbons (Fsp3) is 0.481. The van der Waals surface area contributed by atoms with Gasteiger partial charge in [-0.1, -0.05) is 25.1 Å². The van der Waals surface area contributed by atoms with Gasteiger partial charge < -0.3 is 15.7 Å². The number of hydrogen-bond acceptors (Lipinski definition) is 4. The van der Waals surface area contributed by atoms with E-state index in [1.807, 2.05) is 11.0 Å². The van der Waals surface area contributed by atoms with Crippen LogP contribution in [0.1, 0.15) is 64.4 Å². The largest absolute Gasteiger partial charge is 0.508 e. The van der Waals surface area contributed by atoms with E-state index in [-0.39, 0.29) is 5.91 Å². The summed E-state index contributed by atoms with van der Waals surface area (Å²) in [5, 5.41) is 10.2. The maximum atomic E-state index is 12.9. The Kier molecular flexibility index (Phi) is 7.33. The Morgan fingerprint density at radius 2 is 1.82 bits per heavy atom. The van der Waals surface area contributed by atoms with Gasteiger partial charge in [-0.15, -0.1) is 0 Å². The quantitative estimate of drug-likeness (QED) is 0.676. The lowest BCUT2D eigenvalue weighted by molar-refractivity contribution is 0.0642. The average molecular weight is 450 g/mol. The molecule has 3 N–H and O–H groups in total. The van der Waals surface area contributed by atoms with Gasteiger partial charge in [0.15, 0.2) is 0 Å². The Labute approximate surface area is 196 Å². The molecule has 0 saturated carbocycles. The molecule has 2 aromatic carbocycles. The highest BCUT2D eigenvalue weighted by Crippen LogP contribution is 2.32. The molecule has 2 amide bonds. The fourth-order valence-corrected chi connectivity index (χ4v) is 5.43. The molecule has 1 aliphatic heterocycles. The molecule has 0 bridgehead atoms. The topological polar surface area (TPSA) is 86.9 Å². The van der Waals surface area contributed by atoms with E-state index < -0.39 is 5.91 Å². The predicted molar refractivity (Wildman–Crippen MR) is 129 cm³/mol. The first kappa shape index (κ1) is 23.3. The first-order chi connectivity index (χ1) is 16.0. The van der Waals surface area contributed by atoms with Gasteiger partial charge in [0.2, 0.25) is 5.91 Å². The Bertz CT molecular complexity index is 998. The Morgan fingerprint density at radius 3 is 2.55 bits per heavy atom. The van der Waals surface area contributed by atoms with E-state index in [9.17, 15) is 14.7 Å². The van der Waals surface area contributed by atoms with Crippen molar-refractivity contribution in [1.29, 1.82) is 0 Å². The monoisotopic (exact) mass is 449 g/mol. The van der Waals surface area contributed by atoms with E-state index in [4.69, 9.17) is 5.73 Å². The van der Waals surface area contributed by atoms with Crippen molar-refractivity contribution in [2.75, 3.05) is 26.2 Å². The van der Waals surface area contributed by atoms with Crippen LogP contribution in [-0.4, -0.2) is 58.9 Å². The molecule has 1 fully saturated rings. The van der Waals surface area contributed by atoms with Crippen LogP contribution < -0.4 is 5.73 Å². The molecule has 0 unspecified atom stereocenters. The van der Waals surface area contributed by atoms with Crippen LogP contribution in [0.2, 0.25) is 0 Å². The number of carbonyl (C=O) groups excluding carboxylic acids is 2. The van der Waals surface area contributed by atoms with Crippen LogP contribution in [0.5, 0.6) is 5.75 Å². The van der Waals surface area contributed by atoms with Crippen LogP contribution in [0.3, 0.4) is 0 Å². The third-order valence-electron chi connectivity index (χ3n) is 7.25. The smallest absolute Gasteiger partial charge is 0.253 e. The third-order valence-corrected chi connectivity index (χ3v) is 7.25. The predicted octanol–water partition coefficient (Wildman–Crippen LogP) is 3.61. The second kappa shape index (κ2) is 10.4. The van der Waals surface area contributed by atoms with E-state index >= 15 is 0 Å². The first-order valence-electron chi connectivity index (χ1n) is 12.2. The van der Waals surface area contributed by atoms with Crippen molar-refractivity contribution >= 4 is 11.8 Å². The van der Waals surface area contributed by atoms with Gasteiger partial charge in [0, 0.05) is 36.8 Å². The number of primary amides is 1. The van der Waals surface area contributed by atoms with Crippen molar-refractivity contribution < 1.29 is 14.7 Å². The lowest BCUT2D eigenvalue weighted by atomic mass is 9.86. The molecule has 33 heavy (non-hydrogen) atoms. The van der Waals surface area contributed by atoms with Crippen molar-refractivity contribution in [1.82, 2.24) is 9.80 Å². The average Bonchev–Trinajstić information content (AvgIpc) is 2.84. The molecule has 1 aliphatic carbocycles. The van der Waals surface area contributed by atoms with Crippen molar-refractivity contribution in [3.63, 3.8) is 0 Å². The Balaban J connectivity index is 1.34. The molecule has 2 aromatic rings. The summed E-state index contributed by atoms with van der Waals surface area (Å²) in [5.41, 5.74) is 8.67. The maximum absolute atomic E-state index is 12.9. The van der Waals surface area contributed by atoms with Gasteiger partial charge in [0.1, 0.15) is 5.75 Å². The summed E-state index contributed by atoms with van der Waals surface area (Å²) in [6.07, 6.45) is 6.12. The highest BCUT2D eigenvalue weighted by molar-refractivity contribution is 5.99. The lowest BCUT2D eigenvalue weighted by Gasteiger charge is -2.39. The number of hydrogen-bond donors (Lipinski definition) is 2. The van der Waals surface area contributed by atoms with Gasteiger partial charge in [0.05, 0.1) is 0 Å². The molecule has 176 valence electrons. The second-order valence-corrected chi connectivity index (χ2v) is 9.49. The number of likely N-dealkylation sites (tertiary alicyclic amines) is 1. The molecule has 6 heteroatoms. The number of aromatic hydroxyl groups is 1. The number of phenols is 1. The molecule has 0 aromatic heterocycles. The van der Waals surface area contributed by atoms with Crippen molar-refractivity contribution in [3.8, 4) is 5.75 Å². The lowest BCUT2D eigenvalue weighted by Crippen LogP contribution is -2.46. The summed E-state index contributed by atoms with van der Waals surface area (Å²) in [5.74, 6) is 0.472. The minimum atomic E-state index is -0.514. The number of fused-ring (bicyclic) bond motifs is 1. The van der Waals surface area contributed by atoms with Gasteiger partial charge in [0.25, 0.3) is 5.91 Å². The third kappa shape index (κ3) is 5.38. The summed E-state index contributed by atoms with van der Waals surface area (Å²) in [4.78, 5) is 28.9. The molecule has 1 heterocycles. The van der Waals surface area contributed by atoms with E-state index in [1.54, 1.807) is 30.3 Å². The number of nitrogens with two attached hydrogens (primary N) is 1. The molecule has 0 radical (unpaired) electrons. The summed E-state index contributed by atoms with van der Waals surface area (Å²) >= 11 is 0. The zero-order valence-electron chi connectivity index (χ0n) is 19.5. The first-order valence-corrected chi connectivity index (χ1v) is 12.2. The number of carbonyl (C=O) groups is 2. The van der Waals surface area contributed by atoms with Crippen LogP contribution in [0.15, 0.2) is 42.5 Å². The highest BCUT2D eigenvalue weighted by Gasteiger charge is 2.29. The second-order valence-electron chi connectivity index (χ2n) is 9.49. The van der Waals surface area contributed by atoms with Gasteiger partial charge in [-0.2, -0.15) is 0 Å². The molecular weight excluding hydrogens is 414 g/mol. The summed E-state index contributed by atoms with van der Waals surface area (Å²) in [6, 6.07) is 13.1. The van der Waals surface area contributed by atoms with Crippen LogP contribution in [-0.2, 0) is 12.8 Å². The standard InChI is InChI=1S/C27H35N3O3/c1-2-13-30(23-9-10-24-20(17-23)5-4-8-25(24)31)18-19-11-14-29(15-12-19)27(33)22-7-3-6-21(16-22)26(28)32/h3-8,16,19,23,31H,2,9-15,17-18H2,1H3,(H2,28,32)/t23-/m1/s1. The van der Waals surface area contributed by atoms with Gasteiger partial charge in [-0.05, 0) is 86.4 Å². The summed E-state index contributed by atoms with van der Waals surface area (Å²) in [7, 11) is 0. The highest BCUT2D eigenvalue weighted by atomic mass is 16.3. The van der Waals surface area contributed by atoms with Crippen LogP contribution in [0.4, 0.5) is 0 Å². The van der Waals surface area contributed by atoms with Crippen LogP contribution in [0.25, 0.3) is 0 Å². The zero-order chi connectivity index (χ0) is 23.4. The minimum Gasteiger partial charge on any atom is -0.508 e. The molecule has 1 atom stereocenters. The molecule has 6 nitrogen and oxygen atoms in total. The van der Waals surface area contributed by atoms with Gasteiger partial charge in [-0.3, -0.25) is 14.5 Å². The number of piperidine rings is 1. The SMILES string of the molecule is CCCN(CC1CCN(C(=O)c2cccc(C(N)=O)c2)CC1)[C@@H]1CCc2c(O)cccc2C1. The number of phenolic OH excluding ortho intramolecular Hbond substituents is 1. The number of benzene rings is 2. The molecule has 2 aliphatic rings. The van der Waals surface area contributed by atoms with E-state index in [0.29, 0.717) is 28.8 Å². The molecule has 1 saturated heterocycles. The molecular formula is C27H35N3O3. The molecule has 0 spiro atoms. The fourth-order valence-electron chi connectivity index (χ4n) is 5.43. The Morgan fingerprint density at radius 1 is 1.09 bits per heavy atom. The van der Waals surface area contributed by atoms with Crippen molar-refractivity contribution in [2.24, 2.45) is 11.7 Å². The molecule has 4 rings (SSSR count). The van der Waals surface area contributed by atoms with Crippen molar-refractivity contribution in [2.45, 2.75) is 51.5 Å². The van der Waals surface area contributed by atoms with E-state index in [1.165, 1.54) is 5.56 Å². The van der Waals surface area contributed by atoms with Gasteiger partial charge in [-0.25, -0.2) is 0 Å². The number of nitrogens with zero attached hydrogens (tertiary/aromatic N) is 2. The van der Waals surface area contributed by atoms with Gasteiger partial charge >= 0.3 is 0 Å².